The van der Waals surface area contributed by atoms with Crippen LogP contribution in [0.3, 0.4) is 0 Å². The van der Waals surface area contributed by atoms with Crippen LogP contribution in [-0.4, -0.2) is 301 Å². The fourth-order valence-electron chi connectivity index (χ4n) is 14.2. The van der Waals surface area contributed by atoms with Crippen LogP contribution < -0.4 is 50.2 Å². The number of carbonyl (C=O) groups is 7. The van der Waals surface area contributed by atoms with E-state index < -0.39 is 201 Å². The van der Waals surface area contributed by atoms with Crippen molar-refractivity contribution in [2.75, 3.05) is 121 Å². The fraction of sp³-hybridized carbons (Fsp3) is 0.569. The van der Waals surface area contributed by atoms with E-state index in [1.807, 2.05) is 0 Å². The van der Waals surface area contributed by atoms with Crippen molar-refractivity contribution in [1.29, 1.82) is 0 Å². The van der Waals surface area contributed by atoms with Crippen LogP contribution in [-0.2, 0) is 39.9 Å². The number of hydrogen-bond donors (Lipinski definition) is 17. The predicted octanol–water partition coefficient (Wildman–Crippen LogP) is -0.951. The molecule has 33 nitrogen and oxygen atoms in total. The number of ether oxygens (including phenoxy) is 2. The molecule has 5 saturated heterocycles. The SMILES string of the molecule is COCCCCOc1ccc(C2CCN(c3ccc(N4CCN(c5ccc(C(=O)NC6C[C@@H](O)CNC(=O)[C@@H]7[C@@H](O)[C@@H](C)CN7C(=O)[C@H]([C@H](O)CCN(C)C(CO)CO)NC(=O)[C@H]([C@H](O)Cc7ccc(O)c(OS(O)(O)O)c7)NC(=O)[C@@H]7C[C@@H](O)CN7C(=O)[C@H]([C@@H](C)O)NC6=O)cc5)CC4)cc3)CC2)cc1. The van der Waals surface area contributed by atoms with Crippen LogP contribution >= 0.6 is 11.2 Å². The van der Waals surface area contributed by atoms with Crippen LogP contribution in [0.5, 0.6) is 17.2 Å². The second kappa shape index (κ2) is 37.6. The molecule has 0 aromatic heterocycles. The van der Waals surface area contributed by atoms with E-state index in [0.29, 0.717) is 38.7 Å². The lowest BCUT2D eigenvalue weighted by atomic mass is 9.89. The number of rotatable bonds is 25. The summed E-state index contributed by atoms with van der Waals surface area (Å²) in [6.45, 7) is 5.67. The molecule has 17 N–H and O–H groups in total. The first-order valence-corrected chi connectivity index (χ1v) is 37.3. The molecule has 0 radical (unpaired) electrons. The second-order valence-corrected chi connectivity index (χ2v) is 29.2. The Morgan fingerprint density at radius 2 is 1.25 bits per heavy atom. The minimum absolute atomic E-state index is 0.0574. The van der Waals surface area contributed by atoms with Gasteiger partial charge in [0.05, 0.1) is 62.5 Å². The van der Waals surface area contributed by atoms with E-state index in [2.05, 4.69) is 94.0 Å². The number of piperidine rings is 1. The molecule has 4 aromatic carbocycles. The zero-order chi connectivity index (χ0) is 76.7. The first kappa shape index (κ1) is 81.9. The maximum atomic E-state index is 15.1. The number of carbonyl (C=O) groups excluding carboxylic acids is 7. The van der Waals surface area contributed by atoms with Gasteiger partial charge in [0, 0.05) is 127 Å². The number of amides is 7. The van der Waals surface area contributed by atoms with Gasteiger partial charge in [0.2, 0.25) is 35.4 Å². The first-order chi connectivity index (χ1) is 50.5. The number of unbranched alkanes of at least 4 members (excludes halogenated alkanes) is 1. The number of aliphatic hydroxyl groups excluding tert-OH is 8. The summed E-state index contributed by atoms with van der Waals surface area (Å²) in [5.74, 6) is -8.99. The number of nitrogens with zero attached hydrogens (tertiary/aromatic N) is 6. The lowest BCUT2D eigenvalue weighted by Gasteiger charge is -2.38. The van der Waals surface area contributed by atoms with Gasteiger partial charge >= 0.3 is 0 Å². The molecule has 584 valence electrons. The number of piperazine rings is 1. The number of benzene rings is 4. The van der Waals surface area contributed by atoms with Crippen LogP contribution in [0.25, 0.3) is 0 Å². The van der Waals surface area contributed by atoms with Crippen molar-refractivity contribution >= 4 is 69.6 Å². The maximum Gasteiger partial charge on any atom is 0.266 e. The molecule has 34 heteroatoms. The van der Waals surface area contributed by atoms with E-state index in [1.165, 1.54) is 36.2 Å². The van der Waals surface area contributed by atoms with Crippen LogP contribution in [0.15, 0.2) is 91.0 Å². The van der Waals surface area contributed by atoms with Gasteiger partial charge in [-0.1, -0.05) is 25.1 Å². The predicted molar refractivity (Wildman–Crippen MR) is 389 cm³/mol. The lowest BCUT2D eigenvalue weighted by Crippen LogP contribution is -2.64. The monoisotopic (exact) mass is 1510 g/mol. The Balaban J connectivity index is 0.909. The van der Waals surface area contributed by atoms with Gasteiger partial charge in [-0.2, -0.15) is 0 Å². The molecule has 5 fully saturated rings. The lowest BCUT2D eigenvalue weighted by molar-refractivity contribution is -0.147. The number of likely N-dealkylation sites (N-methyl/N-ethyl adjacent to an activating group) is 1. The van der Waals surface area contributed by atoms with Crippen molar-refractivity contribution in [2.24, 2.45) is 5.92 Å². The van der Waals surface area contributed by atoms with Crippen molar-refractivity contribution in [3.63, 3.8) is 0 Å². The Morgan fingerprint density at radius 1 is 0.670 bits per heavy atom. The number of methoxy groups -OCH3 is 1. The van der Waals surface area contributed by atoms with Gasteiger partial charge in [-0.3, -0.25) is 52.1 Å². The Morgan fingerprint density at radius 3 is 1.84 bits per heavy atom. The molecule has 0 spiro atoms. The van der Waals surface area contributed by atoms with Crippen LogP contribution in [0, 0.1) is 5.92 Å². The Labute approximate surface area is 616 Å². The highest BCUT2D eigenvalue weighted by Gasteiger charge is 2.50. The van der Waals surface area contributed by atoms with E-state index >= 15 is 4.79 Å². The molecule has 106 heavy (non-hydrogen) atoms. The van der Waals surface area contributed by atoms with E-state index in [1.54, 1.807) is 31.4 Å². The highest BCUT2D eigenvalue weighted by molar-refractivity contribution is 8.15. The van der Waals surface area contributed by atoms with E-state index in [9.17, 15) is 88.4 Å². The first-order valence-electron chi connectivity index (χ1n) is 35.8. The summed E-state index contributed by atoms with van der Waals surface area (Å²) in [6.07, 6.45) is -8.98. The third-order valence-electron chi connectivity index (χ3n) is 20.5. The Hall–Kier alpha value is -8.20. The number of hydrogen-bond acceptors (Lipinski definition) is 26. The summed E-state index contributed by atoms with van der Waals surface area (Å²) in [4.78, 5) is 113. The Bertz CT molecular complexity index is 3580. The average molecular weight is 1510 g/mol. The van der Waals surface area contributed by atoms with Crippen molar-refractivity contribution in [3.8, 4) is 17.2 Å². The third-order valence-corrected chi connectivity index (χ3v) is 20.9. The second-order valence-electron chi connectivity index (χ2n) is 28.1. The van der Waals surface area contributed by atoms with Gasteiger partial charge in [-0.05, 0) is 136 Å². The summed E-state index contributed by atoms with van der Waals surface area (Å²) < 4.78 is 44.6. The number of aromatic hydroxyl groups is 1. The number of fused-ring (bicyclic) bond motifs is 2. The van der Waals surface area contributed by atoms with E-state index in [-0.39, 0.29) is 24.2 Å². The maximum absolute atomic E-state index is 15.1. The molecule has 5 aliphatic rings. The number of phenolic OH excluding ortho intramolecular Hbond substituents is 1. The van der Waals surface area contributed by atoms with E-state index in [4.69, 9.17) is 9.47 Å². The normalized spacial score (nSPS) is 25.4. The van der Waals surface area contributed by atoms with Crippen LogP contribution in [0.1, 0.15) is 86.2 Å². The quantitative estimate of drug-likeness (QED) is 0.0356. The molecule has 7 amide bonds. The standard InChI is InChI=1S/C72H103N11O22S/c1-42-38-83-64(65(42)92)70(97)73-37-52(87)35-55(74-66(93)47-8-12-48(13-9-47)80-27-29-81(30-28-80)50-16-14-49(15-17-50)79-25-21-46(22-26-79)45-10-18-54(19-11-45)104-32-6-5-31-103-4)67(94)75-61(43(2)86)71(98)82-39-53(88)36-56(82)68(95)76-62(59(91)33-44-7-20-57(89)60(34-44)105-106(100,101)102)69(96)77-63(72(83)99)58(90)23-24-78(3)51(40-84)41-85/h7-20,34,42-43,46,51-53,55-56,58-59,61-65,84-92,100-102H,5-6,21-33,35-41H2,1-4H3,(H,73,97)(H,74,93)(H,75,94)(H,76,95)(H,77,96)/t42-,43+,52+,53+,55?,56-,58+,59+,61-,62-,63-,64-,65-/m0/s1. The molecular formula is C72H103N11O22S. The van der Waals surface area contributed by atoms with Gasteiger partial charge in [0.15, 0.2) is 11.5 Å². The van der Waals surface area contributed by atoms with Gasteiger partial charge < -0.3 is 111 Å². The fourth-order valence-corrected chi connectivity index (χ4v) is 14.6. The molecule has 5 aliphatic heterocycles. The summed E-state index contributed by atoms with van der Waals surface area (Å²) in [6, 6.07) is 14.3. The molecule has 0 saturated carbocycles. The van der Waals surface area contributed by atoms with Gasteiger partial charge in [-0.25, -0.2) is 0 Å². The smallest absolute Gasteiger partial charge is 0.266 e. The summed E-state index contributed by atoms with van der Waals surface area (Å²) in [5.41, 5.74) is 4.40. The van der Waals surface area contributed by atoms with Gasteiger partial charge in [0.1, 0.15) is 42.0 Å². The van der Waals surface area contributed by atoms with Gasteiger partial charge in [0.25, 0.3) is 17.1 Å². The third kappa shape index (κ3) is 21.4. The van der Waals surface area contributed by atoms with Crippen molar-refractivity contribution < 1.29 is 107 Å². The minimum Gasteiger partial charge on any atom is -0.504 e. The molecule has 5 heterocycles. The highest BCUT2D eigenvalue weighted by Crippen LogP contribution is 2.41. The number of aliphatic hydroxyl groups is 8. The van der Waals surface area contributed by atoms with Crippen molar-refractivity contribution in [1.82, 2.24) is 41.3 Å². The molecular weight excluding hydrogens is 1400 g/mol. The molecule has 9 rings (SSSR count). The van der Waals surface area contributed by atoms with Crippen LogP contribution in [0.4, 0.5) is 17.1 Å². The number of phenols is 1. The largest absolute Gasteiger partial charge is 0.504 e. The summed E-state index contributed by atoms with van der Waals surface area (Å²) in [5, 5.41) is 112. The number of nitrogens with one attached hydrogen (secondary N) is 5. The average Bonchev–Trinajstić information content (AvgIpc) is 1.62. The highest BCUT2D eigenvalue weighted by atomic mass is 32.3. The van der Waals surface area contributed by atoms with Crippen molar-refractivity contribution in [2.45, 2.75) is 150 Å². The van der Waals surface area contributed by atoms with Crippen molar-refractivity contribution in [3.05, 3.63) is 108 Å². The Kier molecular flexibility index (Phi) is 29.0. The topological polar surface area (TPSA) is 470 Å². The minimum atomic E-state index is -4.75. The zero-order valence-corrected chi connectivity index (χ0v) is 60.7. The molecule has 1 unspecified atom stereocenters. The van der Waals surface area contributed by atoms with Crippen LogP contribution in [0.2, 0.25) is 0 Å². The molecule has 4 aromatic rings. The summed E-state index contributed by atoms with van der Waals surface area (Å²) >= 11 is -4.75. The molecule has 0 bridgehead atoms. The molecule has 13 atom stereocenters. The zero-order valence-electron chi connectivity index (χ0n) is 59.9. The van der Waals surface area contributed by atoms with E-state index in [0.717, 1.165) is 91.4 Å². The van der Waals surface area contributed by atoms with Gasteiger partial charge in [-0.15, -0.1) is 0 Å². The number of β-amino-alcohol motifs (C(OH)–C–C–N with tert-alkyl or cyclic N) is 1. The summed E-state index contributed by atoms with van der Waals surface area (Å²) in [7, 11) is 3.18. The number of anilines is 3. The molecule has 0 aliphatic carbocycles.